The number of thioether (sulfide) groups is 1. The van der Waals surface area contributed by atoms with Crippen molar-refractivity contribution >= 4 is 39.4 Å². The Bertz CT molecular complexity index is 816. The first kappa shape index (κ1) is 8.60. The lowest BCUT2D eigenvalue weighted by molar-refractivity contribution is 1.15. The minimum Gasteiger partial charge on any atom is -0.143 e. The van der Waals surface area contributed by atoms with E-state index in [1.165, 1.54) is 26.8 Å². The van der Waals surface area contributed by atoms with E-state index in [0.717, 1.165) is 10.5 Å². The third-order valence-electron chi connectivity index (χ3n) is 4.02. The van der Waals surface area contributed by atoms with Gasteiger partial charge in [-0.25, -0.2) is 0 Å². The average Bonchev–Trinajstić information content (AvgIpc) is 3.14. The smallest absolute Gasteiger partial charge is 0.0464 e. The molecule has 5 rings (SSSR count). The average molecular weight is 234 g/mol. The number of hydrogen-bond donors (Lipinski definition) is 0. The van der Waals surface area contributed by atoms with E-state index >= 15 is 0 Å². The predicted molar refractivity (Wildman–Crippen MR) is 75.3 cm³/mol. The minimum absolute atomic E-state index is 0.734. The van der Waals surface area contributed by atoms with Crippen LogP contribution >= 0.6 is 11.8 Å². The number of hydrogen-bond acceptors (Lipinski definition) is 1. The van der Waals surface area contributed by atoms with Gasteiger partial charge in [-0.15, -0.1) is 11.8 Å². The van der Waals surface area contributed by atoms with Crippen molar-refractivity contribution < 1.29 is 0 Å². The number of rotatable bonds is 0. The second-order valence-corrected chi connectivity index (χ2v) is 6.28. The summed E-state index contributed by atoms with van der Waals surface area (Å²) in [4.78, 5) is 0. The summed E-state index contributed by atoms with van der Waals surface area (Å²) >= 11 is 2.08. The van der Waals surface area contributed by atoms with E-state index in [2.05, 4.69) is 60.3 Å². The third kappa shape index (κ3) is 0.969. The molecule has 1 saturated heterocycles. The van der Waals surface area contributed by atoms with E-state index in [9.17, 15) is 0 Å². The molecule has 0 bridgehead atoms. The van der Waals surface area contributed by atoms with Crippen LogP contribution in [-0.4, -0.2) is 5.25 Å². The summed E-state index contributed by atoms with van der Waals surface area (Å²) in [5.74, 6) is 0. The molecule has 3 aromatic rings. The second-order valence-electron chi connectivity index (χ2n) is 4.95. The maximum atomic E-state index is 2.45. The van der Waals surface area contributed by atoms with Gasteiger partial charge in [0, 0.05) is 10.5 Å². The largest absolute Gasteiger partial charge is 0.143 e. The predicted octanol–water partition coefficient (Wildman–Crippen LogP) is 3.66. The molecule has 2 unspecified atom stereocenters. The fourth-order valence-corrected chi connectivity index (χ4v) is 4.23. The molecule has 0 amide bonds. The summed E-state index contributed by atoms with van der Waals surface area (Å²) in [5.41, 5.74) is 1.56. The maximum Gasteiger partial charge on any atom is 0.0464 e. The Kier molecular flexibility index (Phi) is 1.35. The van der Waals surface area contributed by atoms with Crippen LogP contribution < -0.4 is 5.22 Å². The summed E-state index contributed by atoms with van der Waals surface area (Å²) in [5, 5.41) is 8.64. The molecule has 80 valence electrons. The van der Waals surface area contributed by atoms with Gasteiger partial charge in [0.2, 0.25) is 0 Å². The van der Waals surface area contributed by atoms with Crippen LogP contribution in [0.4, 0.5) is 0 Å². The van der Waals surface area contributed by atoms with Gasteiger partial charge >= 0.3 is 0 Å². The highest BCUT2D eigenvalue weighted by molar-refractivity contribution is 8.07. The summed E-state index contributed by atoms with van der Waals surface area (Å²) < 4.78 is 0. The topological polar surface area (TPSA) is 0 Å². The summed E-state index contributed by atoms with van der Waals surface area (Å²) in [7, 11) is 0. The van der Waals surface area contributed by atoms with Crippen LogP contribution in [-0.2, 0) is 0 Å². The minimum atomic E-state index is 0.734. The first-order chi connectivity index (χ1) is 8.42. The van der Waals surface area contributed by atoms with Crippen molar-refractivity contribution in [3.8, 4) is 0 Å². The summed E-state index contributed by atoms with van der Waals surface area (Å²) in [6.07, 6.45) is 2.45. The molecular weight excluding hydrogens is 224 g/mol. The van der Waals surface area contributed by atoms with Crippen LogP contribution in [0.15, 0.2) is 42.5 Å². The first-order valence-electron chi connectivity index (χ1n) is 6.03. The van der Waals surface area contributed by atoms with Crippen molar-refractivity contribution in [2.45, 2.75) is 10.5 Å². The van der Waals surface area contributed by atoms with Crippen molar-refractivity contribution in [2.24, 2.45) is 0 Å². The van der Waals surface area contributed by atoms with Crippen molar-refractivity contribution in [1.29, 1.82) is 0 Å². The van der Waals surface area contributed by atoms with Gasteiger partial charge in [-0.2, -0.15) is 0 Å². The molecule has 0 nitrogen and oxygen atoms in total. The van der Waals surface area contributed by atoms with Crippen LogP contribution in [0.25, 0.3) is 27.6 Å². The molecule has 17 heavy (non-hydrogen) atoms. The van der Waals surface area contributed by atoms with Gasteiger partial charge < -0.3 is 0 Å². The molecule has 1 aliphatic heterocycles. The van der Waals surface area contributed by atoms with Gasteiger partial charge in [-0.1, -0.05) is 48.5 Å². The normalized spacial score (nSPS) is 24.7. The van der Waals surface area contributed by atoms with Crippen LogP contribution in [0.3, 0.4) is 0 Å². The Morgan fingerprint density at radius 2 is 1.65 bits per heavy atom. The molecule has 0 aromatic heterocycles. The van der Waals surface area contributed by atoms with E-state index in [-0.39, 0.29) is 0 Å². The fraction of sp³-hybridized carbons (Fsp3) is 0.125. The van der Waals surface area contributed by atoms with Crippen molar-refractivity contribution in [3.05, 3.63) is 53.2 Å². The van der Waals surface area contributed by atoms with Crippen molar-refractivity contribution in [3.63, 3.8) is 0 Å². The molecule has 1 aliphatic carbocycles. The highest BCUT2D eigenvalue weighted by Gasteiger charge is 2.41. The molecule has 0 radical (unpaired) electrons. The Morgan fingerprint density at radius 3 is 2.53 bits per heavy atom. The molecule has 3 aromatic carbocycles. The molecule has 0 spiro atoms. The zero-order valence-corrected chi connectivity index (χ0v) is 10.00. The standard InChI is InChI=1S/C16H10S/c1-2-9-4-5-11-8-13-16(17-13)12-7-6-10(3-1)14(9)15(11)12/h1-8,13,16H. The van der Waals surface area contributed by atoms with Gasteiger partial charge in [0.05, 0.1) is 0 Å². The zero-order chi connectivity index (χ0) is 11.0. The molecule has 0 N–H and O–H groups in total. The Morgan fingerprint density at radius 1 is 0.824 bits per heavy atom. The third-order valence-corrected chi connectivity index (χ3v) is 5.27. The number of fused-ring (bicyclic) bond motifs is 2. The van der Waals surface area contributed by atoms with Gasteiger partial charge in [0.15, 0.2) is 0 Å². The first-order valence-corrected chi connectivity index (χ1v) is 6.97. The van der Waals surface area contributed by atoms with Crippen LogP contribution in [0.1, 0.15) is 10.8 Å². The maximum absolute atomic E-state index is 2.45. The highest BCUT2D eigenvalue weighted by Crippen LogP contribution is 2.58. The number of benzene rings is 3. The quantitative estimate of drug-likeness (QED) is 0.535. The van der Waals surface area contributed by atoms with Gasteiger partial charge in [0.25, 0.3) is 0 Å². The van der Waals surface area contributed by atoms with E-state index in [4.69, 9.17) is 0 Å². The molecule has 1 heteroatoms. The van der Waals surface area contributed by atoms with Crippen LogP contribution in [0.5, 0.6) is 0 Å². The molecule has 0 saturated carbocycles. The Balaban J connectivity index is 2.19. The summed E-state index contributed by atoms with van der Waals surface area (Å²) in [6, 6.07) is 15.8. The van der Waals surface area contributed by atoms with Gasteiger partial charge in [-0.3, -0.25) is 0 Å². The monoisotopic (exact) mass is 234 g/mol. The molecule has 1 heterocycles. The molecule has 2 atom stereocenters. The highest BCUT2D eigenvalue weighted by atomic mass is 32.2. The molecule has 1 fully saturated rings. The van der Waals surface area contributed by atoms with Crippen LogP contribution in [0.2, 0.25) is 0 Å². The van der Waals surface area contributed by atoms with E-state index < -0.39 is 0 Å². The molecule has 2 aliphatic rings. The summed E-state index contributed by atoms with van der Waals surface area (Å²) in [6.45, 7) is 0. The fourth-order valence-electron chi connectivity index (χ4n) is 3.19. The second kappa shape index (κ2) is 2.68. The van der Waals surface area contributed by atoms with Crippen molar-refractivity contribution in [2.75, 3.05) is 0 Å². The zero-order valence-electron chi connectivity index (χ0n) is 9.18. The Hall–Kier alpha value is -1.47. The lowest BCUT2D eigenvalue weighted by atomic mass is 9.90. The SMILES string of the molecule is C1=c2ccc3cccc4ccc(c2c43)C2SC12. The van der Waals surface area contributed by atoms with Gasteiger partial charge in [0.1, 0.15) is 0 Å². The lowest BCUT2D eigenvalue weighted by Crippen LogP contribution is -2.10. The van der Waals surface area contributed by atoms with E-state index in [1.54, 1.807) is 5.56 Å². The molecular formula is C16H10S. The lowest BCUT2D eigenvalue weighted by Gasteiger charge is -2.13. The van der Waals surface area contributed by atoms with Gasteiger partial charge in [-0.05, 0) is 32.3 Å². The van der Waals surface area contributed by atoms with Crippen molar-refractivity contribution in [1.82, 2.24) is 0 Å². The van der Waals surface area contributed by atoms with Crippen LogP contribution in [0, 0.1) is 0 Å². The Labute approximate surface area is 103 Å². The van der Waals surface area contributed by atoms with E-state index in [1.807, 2.05) is 0 Å². The van der Waals surface area contributed by atoms with E-state index in [0.29, 0.717) is 0 Å².